The van der Waals surface area contributed by atoms with Crippen molar-refractivity contribution < 1.29 is 14.2 Å². The number of unbranched alkanes of at least 4 members (excludes halogenated alkanes) is 1. The van der Waals surface area contributed by atoms with E-state index in [-0.39, 0.29) is 30.1 Å². The predicted octanol–water partition coefficient (Wildman–Crippen LogP) is 3.52. The molecule has 0 amide bonds. The summed E-state index contributed by atoms with van der Waals surface area (Å²) in [5, 5.41) is 6.66. The molecule has 2 rings (SSSR count). The molecule has 0 bridgehead atoms. The lowest BCUT2D eigenvalue weighted by molar-refractivity contribution is 0.0424. The van der Waals surface area contributed by atoms with Gasteiger partial charge in [-0.2, -0.15) is 0 Å². The molecule has 1 aromatic carbocycles. The minimum absolute atomic E-state index is 0. The van der Waals surface area contributed by atoms with Crippen molar-refractivity contribution in [2.45, 2.75) is 45.6 Å². The molecule has 1 unspecified atom stereocenters. The molecule has 0 radical (unpaired) electrons. The zero-order chi connectivity index (χ0) is 19.2. The van der Waals surface area contributed by atoms with Crippen LogP contribution in [-0.2, 0) is 9.47 Å². The van der Waals surface area contributed by atoms with Crippen LogP contribution < -0.4 is 15.4 Å². The summed E-state index contributed by atoms with van der Waals surface area (Å²) in [5.41, 5.74) is 1.25. The highest BCUT2D eigenvalue weighted by molar-refractivity contribution is 14.0. The second-order valence-electron chi connectivity index (χ2n) is 6.77. The number of nitrogens with zero attached hydrogens (tertiary/aromatic N) is 1. The Balaban J connectivity index is 0.00000392. The molecule has 0 aromatic heterocycles. The first-order valence-corrected chi connectivity index (χ1v) is 10.2. The number of rotatable bonds is 12. The first-order chi connectivity index (χ1) is 13.3. The Kier molecular flexibility index (Phi) is 14.1. The van der Waals surface area contributed by atoms with Gasteiger partial charge in [-0.3, -0.25) is 4.99 Å². The number of hydrogen-bond acceptors (Lipinski definition) is 4. The molecule has 1 aromatic rings. The lowest BCUT2D eigenvalue weighted by Crippen LogP contribution is -2.38. The van der Waals surface area contributed by atoms with Crippen LogP contribution in [0, 0.1) is 6.92 Å². The van der Waals surface area contributed by atoms with Crippen LogP contribution in [0.3, 0.4) is 0 Å². The number of halogens is 1. The zero-order valence-corrected chi connectivity index (χ0v) is 19.6. The summed E-state index contributed by atoms with van der Waals surface area (Å²) in [7, 11) is 0. The topological polar surface area (TPSA) is 64.1 Å². The summed E-state index contributed by atoms with van der Waals surface area (Å²) >= 11 is 0. The molecule has 1 heterocycles. The summed E-state index contributed by atoms with van der Waals surface area (Å²) in [6.45, 7) is 9.71. The van der Waals surface area contributed by atoms with E-state index in [1.807, 2.05) is 12.1 Å². The van der Waals surface area contributed by atoms with E-state index in [1.54, 1.807) is 0 Å². The van der Waals surface area contributed by atoms with Crippen molar-refractivity contribution in [3.63, 3.8) is 0 Å². The van der Waals surface area contributed by atoms with Crippen molar-refractivity contribution in [2.75, 3.05) is 46.1 Å². The van der Waals surface area contributed by atoms with Gasteiger partial charge < -0.3 is 24.8 Å². The molecule has 6 nitrogen and oxygen atoms in total. The van der Waals surface area contributed by atoms with E-state index < -0.39 is 0 Å². The molecule has 7 heteroatoms. The SMILES string of the molecule is CCNC(=NCCCOC1CCOC1)NCCCCOc1ccc(C)cc1.I. The van der Waals surface area contributed by atoms with Gasteiger partial charge in [-0.25, -0.2) is 0 Å². The number of benzene rings is 1. The third-order valence-corrected chi connectivity index (χ3v) is 4.31. The van der Waals surface area contributed by atoms with Crippen LogP contribution in [0.25, 0.3) is 0 Å². The number of aliphatic imine (C=N–C) groups is 1. The first kappa shape index (κ1) is 25.0. The molecule has 0 aliphatic carbocycles. The third kappa shape index (κ3) is 11.1. The summed E-state index contributed by atoms with van der Waals surface area (Å²) in [6.07, 6.45) is 4.28. The van der Waals surface area contributed by atoms with Crippen LogP contribution in [0.1, 0.15) is 38.2 Å². The fourth-order valence-electron chi connectivity index (χ4n) is 2.75. The Morgan fingerprint density at radius 1 is 1.14 bits per heavy atom. The third-order valence-electron chi connectivity index (χ3n) is 4.31. The summed E-state index contributed by atoms with van der Waals surface area (Å²) in [5.74, 6) is 1.82. The van der Waals surface area contributed by atoms with E-state index in [9.17, 15) is 0 Å². The van der Waals surface area contributed by atoms with Gasteiger partial charge >= 0.3 is 0 Å². The first-order valence-electron chi connectivity index (χ1n) is 10.2. The molecule has 1 saturated heterocycles. The molecular weight excluding hydrogens is 469 g/mol. The highest BCUT2D eigenvalue weighted by Crippen LogP contribution is 2.11. The Morgan fingerprint density at radius 2 is 1.96 bits per heavy atom. The number of aryl methyl sites for hydroxylation is 1. The zero-order valence-electron chi connectivity index (χ0n) is 17.2. The van der Waals surface area contributed by atoms with Gasteiger partial charge in [0, 0.05) is 32.8 Å². The molecule has 2 N–H and O–H groups in total. The molecule has 160 valence electrons. The summed E-state index contributed by atoms with van der Waals surface area (Å²) in [6, 6.07) is 8.19. The van der Waals surface area contributed by atoms with Crippen molar-refractivity contribution in [2.24, 2.45) is 4.99 Å². The number of ether oxygens (including phenoxy) is 3. The average Bonchev–Trinajstić information content (AvgIpc) is 3.19. The Morgan fingerprint density at radius 3 is 2.68 bits per heavy atom. The number of nitrogens with one attached hydrogen (secondary N) is 2. The smallest absolute Gasteiger partial charge is 0.191 e. The van der Waals surface area contributed by atoms with E-state index >= 15 is 0 Å². The second kappa shape index (κ2) is 15.8. The van der Waals surface area contributed by atoms with Crippen molar-refractivity contribution >= 4 is 29.9 Å². The maximum absolute atomic E-state index is 5.76. The van der Waals surface area contributed by atoms with Crippen LogP contribution in [0.15, 0.2) is 29.3 Å². The van der Waals surface area contributed by atoms with Crippen LogP contribution in [0.5, 0.6) is 5.75 Å². The average molecular weight is 505 g/mol. The van der Waals surface area contributed by atoms with Crippen LogP contribution in [0.2, 0.25) is 0 Å². The quantitative estimate of drug-likeness (QED) is 0.197. The molecule has 28 heavy (non-hydrogen) atoms. The summed E-state index contributed by atoms with van der Waals surface area (Å²) < 4.78 is 16.8. The van der Waals surface area contributed by atoms with Gasteiger partial charge in [-0.1, -0.05) is 17.7 Å². The lowest BCUT2D eigenvalue weighted by atomic mass is 10.2. The molecule has 1 aliphatic heterocycles. The maximum atomic E-state index is 5.76. The standard InChI is InChI=1S/C21H35N3O3.HI/c1-3-22-21(24-13-6-15-27-20-11-16-25-17-20)23-12-4-5-14-26-19-9-7-18(2)8-10-19;/h7-10,20H,3-6,11-17H2,1-2H3,(H2,22,23,24);1H. The minimum Gasteiger partial charge on any atom is -0.494 e. The van der Waals surface area contributed by atoms with Gasteiger partial charge in [0.2, 0.25) is 0 Å². The minimum atomic E-state index is 0. The normalized spacial score (nSPS) is 16.5. The maximum Gasteiger partial charge on any atom is 0.191 e. The van der Waals surface area contributed by atoms with Gasteiger partial charge in [0.15, 0.2) is 5.96 Å². The predicted molar refractivity (Wildman–Crippen MR) is 125 cm³/mol. The largest absolute Gasteiger partial charge is 0.494 e. The molecule has 0 spiro atoms. The fourth-order valence-corrected chi connectivity index (χ4v) is 2.75. The van der Waals surface area contributed by atoms with Gasteiger partial charge in [-0.05, 0) is 51.7 Å². The second-order valence-corrected chi connectivity index (χ2v) is 6.77. The van der Waals surface area contributed by atoms with E-state index in [0.29, 0.717) is 0 Å². The van der Waals surface area contributed by atoms with Crippen LogP contribution >= 0.6 is 24.0 Å². The van der Waals surface area contributed by atoms with Crippen molar-refractivity contribution in [1.82, 2.24) is 10.6 Å². The summed E-state index contributed by atoms with van der Waals surface area (Å²) in [4.78, 5) is 4.60. The van der Waals surface area contributed by atoms with E-state index in [2.05, 4.69) is 41.6 Å². The Bertz CT molecular complexity index is 534. The fraction of sp³-hybridized carbons (Fsp3) is 0.667. The van der Waals surface area contributed by atoms with Gasteiger partial charge in [0.1, 0.15) is 5.75 Å². The monoisotopic (exact) mass is 505 g/mol. The molecule has 0 saturated carbocycles. The van der Waals surface area contributed by atoms with E-state index in [4.69, 9.17) is 14.2 Å². The number of guanidine groups is 1. The molecule has 1 aliphatic rings. The van der Waals surface area contributed by atoms with Crippen molar-refractivity contribution in [1.29, 1.82) is 0 Å². The van der Waals surface area contributed by atoms with Crippen molar-refractivity contribution in [3.8, 4) is 5.75 Å². The van der Waals surface area contributed by atoms with Gasteiger partial charge in [-0.15, -0.1) is 24.0 Å². The Hall–Kier alpha value is -1.06. The van der Waals surface area contributed by atoms with Crippen LogP contribution in [0.4, 0.5) is 0 Å². The molecule has 1 fully saturated rings. The molecular formula is C21H36IN3O3. The van der Waals surface area contributed by atoms with Gasteiger partial charge in [0.25, 0.3) is 0 Å². The van der Waals surface area contributed by atoms with Gasteiger partial charge in [0.05, 0.1) is 19.3 Å². The lowest BCUT2D eigenvalue weighted by Gasteiger charge is -2.12. The molecule has 1 atom stereocenters. The van der Waals surface area contributed by atoms with Crippen LogP contribution in [-0.4, -0.2) is 58.1 Å². The van der Waals surface area contributed by atoms with E-state index in [0.717, 1.165) is 83.5 Å². The highest BCUT2D eigenvalue weighted by atomic mass is 127. The van der Waals surface area contributed by atoms with Crippen molar-refractivity contribution in [3.05, 3.63) is 29.8 Å². The highest BCUT2D eigenvalue weighted by Gasteiger charge is 2.15. The Labute approximate surface area is 186 Å². The number of hydrogen-bond donors (Lipinski definition) is 2. The van der Waals surface area contributed by atoms with E-state index in [1.165, 1.54) is 5.56 Å².